The molecule has 3 aromatic rings. The molecule has 0 aliphatic carbocycles. The lowest BCUT2D eigenvalue weighted by molar-refractivity contribution is -0.121. The van der Waals surface area contributed by atoms with Gasteiger partial charge in [0, 0.05) is 11.4 Å². The number of aryl methyl sites for hydroxylation is 1. The van der Waals surface area contributed by atoms with E-state index in [4.69, 9.17) is 9.15 Å². The number of fused-ring (bicyclic) bond motifs is 1. The molecule has 142 valence electrons. The number of amides is 1. The maximum atomic E-state index is 12.7. The third kappa shape index (κ3) is 4.08. The minimum atomic E-state index is -0.647. The van der Waals surface area contributed by atoms with Crippen molar-refractivity contribution in [3.05, 3.63) is 50.4 Å². The zero-order valence-corrected chi connectivity index (χ0v) is 15.8. The Hall–Kier alpha value is -2.94. The summed E-state index contributed by atoms with van der Waals surface area (Å²) in [7, 11) is 0. The van der Waals surface area contributed by atoms with Gasteiger partial charge in [-0.1, -0.05) is 6.07 Å². The van der Waals surface area contributed by atoms with Crippen LogP contribution >= 0.6 is 11.3 Å². The van der Waals surface area contributed by atoms with Crippen molar-refractivity contribution in [2.45, 2.75) is 26.8 Å². The van der Waals surface area contributed by atoms with E-state index in [0.717, 1.165) is 11.0 Å². The van der Waals surface area contributed by atoms with Crippen molar-refractivity contribution >= 4 is 34.3 Å². The number of rotatable bonds is 7. The molecular formula is C18H19N3O5S. The van der Waals surface area contributed by atoms with Gasteiger partial charge in [0.2, 0.25) is 11.6 Å². The van der Waals surface area contributed by atoms with Gasteiger partial charge >= 0.3 is 5.97 Å². The van der Waals surface area contributed by atoms with Crippen LogP contribution in [0.4, 0.5) is 0 Å². The summed E-state index contributed by atoms with van der Waals surface area (Å²) >= 11 is 1.62. The van der Waals surface area contributed by atoms with E-state index in [1.54, 1.807) is 25.2 Å². The van der Waals surface area contributed by atoms with Crippen LogP contribution in [-0.4, -0.2) is 34.6 Å². The van der Waals surface area contributed by atoms with E-state index in [-0.39, 0.29) is 41.5 Å². The van der Waals surface area contributed by atoms with Gasteiger partial charge in [0.05, 0.1) is 6.61 Å². The molecule has 0 saturated heterocycles. The number of thiophene rings is 1. The minimum absolute atomic E-state index is 0.0276. The number of nitrogens with zero attached hydrogens (tertiary/aromatic N) is 2. The molecule has 0 aliphatic heterocycles. The number of carbonyl (C=O) groups excluding carboxylic acids is 2. The zero-order chi connectivity index (χ0) is 19.4. The van der Waals surface area contributed by atoms with Gasteiger partial charge in [-0.15, -0.1) is 11.3 Å². The molecule has 0 saturated carbocycles. The quantitative estimate of drug-likeness (QED) is 0.619. The molecule has 0 aliphatic rings. The molecular weight excluding hydrogens is 370 g/mol. The molecule has 1 N–H and O–H groups in total. The third-order valence-electron chi connectivity index (χ3n) is 3.92. The summed E-state index contributed by atoms with van der Waals surface area (Å²) < 4.78 is 11.5. The molecule has 0 atom stereocenters. The Morgan fingerprint density at radius 2 is 2.22 bits per heavy atom. The van der Waals surface area contributed by atoms with E-state index >= 15 is 0 Å². The van der Waals surface area contributed by atoms with Crippen LogP contribution in [0.3, 0.4) is 0 Å². The fourth-order valence-electron chi connectivity index (χ4n) is 2.69. The van der Waals surface area contributed by atoms with Crippen LogP contribution in [0.2, 0.25) is 0 Å². The van der Waals surface area contributed by atoms with Crippen molar-refractivity contribution in [2.75, 3.05) is 13.2 Å². The van der Waals surface area contributed by atoms with Crippen molar-refractivity contribution in [2.24, 2.45) is 0 Å². The number of ether oxygens (including phenoxy) is 1. The van der Waals surface area contributed by atoms with E-state index in [1.807, 2.05) is 17.5 Å². The Kier molecular flexibility index (Phi) is 5.70. The third-order valence-corrected chi connectivity index (χ3v) is 4.86. The maximum absolute atomic E-state index is 12.7. The number of hydrogen-bond donors (Lipinski definition) is 1. The van der Waals surface area contributed by atoms with E-state index in [2.05, 4.69) is 10.3 Å². The van der Waals surface area contributed by atoms with Crippen molar-refractivity contribution in [1.82, 2.24) is 14.9 Å². The van der Waals surface area contributed by atoms with Gasteiger partial charge in [-0.25, -0.2) is 9.78 Å². The highest BCUT2D eigenvalue weighted by Crippen LogP contribution is 2.21. The first-order valence-electron chi connectivity index (χ1n) is 8.46. The van der Waals surface area contributed by atoms with Crippen molar-refractivity contribution < 1.29 is 18.7 Å². The normalized spacial score (nSPS) is 10.9. The summed E-state index contributed by atoms with van der Waals surface area (Å²) in [6.45, 7) is 3.69. The molecule has 3 rings (SSSR count). The molecule has 1 amide bonds. The monoisotopic (exact) mass is 389 g/mol. The minimum Gasteiger partial charge on any atom is -0.462 e. The second-order valence-corrected chi connectivity index (χ2v) is 6.82. The lowest BCUT2D eigenvalue weighted by atomic mass is 10.2. The molecule has 0 fully saturated rings. The largest absolute Gasteiger partial charge is 0.462 e. The van der Waals surface area contributed by atoms with E-state index < -0.39 is 11.5 Å². The smallest absolute Gasteiger partial charge is 0.342 e. The molecule has 0 radical (unpaired) electrons. The van der Waals surface area contributed by atoms with Gasteiger partial charge in [0.1, 0.15) is 29.6 Å². The highest BCUT2D eigenvalue weighted by Gasteiger charge is 2.24. The van der Waals surface area contributed by atoms with Crippen molar-refractivity contribution in [1.29, 1.82) is 0 Å². The number of nitrogens with one attached hydrogen (secondary N) is 1. The van der Waals surface area contributed by atoms with Crippen LogP contribution in [0.5, 0.6) is 0 Å². The summed E-state index contributed by atoms with van der Waals surface area (Å²) in [5.41, 5.74) is -0.417. The molecule has 8 nitrogen and oxygen atoms in total. The summed E-state index contributed by atoms with van der Waals surface area (Å²) in [4.78, 5) is 42.3. The Morgan fingerprint density at radius 1 is 1.41 bits per heavy atom. The maximum Gasteiger partial charge on any atom is 0.342 e. The molecule has 0 unspecified atom stereocenters. The Balaban J connectivity index is 1.77. The average Bonchev–Trinajstić information content (AvgIpc) is 3.25. The number of furan rings is 1. The second kappa shape index (κ2) is 8.17. The highest BCUT2D eigenvalue weighted by molar-refractivity contribution is 7.09. The molecule has 0 aromatic carbocycles. The number of carbonyl (C=O) groups is 2. The molecule has 3 aromatic heterocycles. The molecule has 27 heavy (non-hydrogen) atoms. The number of hydrogen-bond acceptors (Lipinski definition) is 7. The first-order valence-corrected chi connectivity index (χ1v) is 9.34. The first-order chi connectivity index (χ1) is 13.0. The summed E-state index contributed by atoms with van der Waals surface area (Å²) in [5, 5.41) is 4.78. The van der Waals surface area contributed by atoms with Gasteiger partial charge in [-0.05, 0) is 31.7 Å². The van der Waals surface area contributed by atoms with Crippen LogP contribution in [0.15, 0.2) is 33.1 Å². The van der Waals surface area contributed by atoms with Gasteiger partial charge in [-0.3, -0.25) is 14.2 Å². The van der Waals surface area contributed by atoms with E-state index in [9.17, 15) is 14.4 Å². The lowest BCUT2D eigenvalue weighted by Gasteiger charge is -2.07. The first kappa shape index (κ1) is 18.8. The average molecular weight is 389 g/mol. The second-order valence-electron chi connectivity index (χ2n) is 5.79. The van der Waals surface area contributed by atoms with E-state index in [1.165, 1.54) is 11.2 Å². The summed E-state index contributed by atoms with van der Waals surface area (Å²) in [6.07, 6.45) is 1.96. The Labute approximate surface area is 158 Å². The van der Waals surface area contributed by atoms with Crippen LogP contribution in [0.25, 0.3) is 11.1 Å². The molecule has 9 heteroatoms. The van der Waals surface area contributed by atoms with Crippen molar-refractivity contribution in [3.63, 3.8) is 0 Å². The molecule has 0 bridgehead atoms. The zero-order valence-electron chi connectivity index (χ0n) is 15.0. The van der Waals surface area contributed by atoms with Crippen LogP contribution < -0.4 is 10.9 Å². The van der Waals surface area contributed by atoms with Gasteiger partial charge < -0.3 is 14.5 Å². The molecule has 3 heterocycles. The van der Waals surface area contributed by atoms with Gasteiger partial charge in [-0.2, -0.15) is 0 Å². The fraction of sp³-hybridized carbons (Fsp3) is 0.333. The van der Waals surface area contributed by atoms with E-state index in [0.29, 0.717) is 6.54 Å². The topological polar surface area (TPSA) is 103 Å². The highest BCUT2D eigenvalue weighted by atomic mass is 32.1. The SMILES string of the molecule is CCOC(=O)c1c(C)oc2ncn(CC(=O)NCCc3cccs3)c(=O)c12. The van der Waals surface area contributed by atoms with Crippen molar-refractivity contribution in [3.8, 4) is 0 Å². The predicted molar refractivity (Wildman–Crippen MR) is 100.0 cm³/mol. The Morgan fingerprint density at radius 3 is 2.93 bits per heavy atom. The van der Waals surface area contributed by atoms with Crippen LogP contribution in [0, 0.1) is 6.92 Å². The summed E-state index contributed by atoms with van der Waals surface area (Å²) in [5.74, 6) is -0.704. The fourth-order valence-corrected chi connectivity index (χ4v) is 3.40. The van der Waals surface area contributed by atoms with Crippen LogP contribution in [0.1, 0.15) is 27.9 Å². The molecule has 0 spiro atoms. The predicted octanol–water partition coefficient (Wildman–Crippen LogP) is 1.90. The Bertz CT molecular complexity index is 1020. The lowest BCUT2D eigenvalue weighted by Crippen LogP contribution is -2.33. The number of esters is 1. The van der Waals surface area contributed by atoms with Crippen LogP contribution in [-0.2, 0) is 22.5 Å². The summed E-state index contributed by atoms with van der Waals surface area (Å²) in [6, 6.07) is 3.95. The number of aromatic nitrogens is 2. The van der Waals surface area contributed by atoms with Gasteiger partial charge in [0.15, 0.2) is 0 Å². The van der Waals surface area contributed by atoms with Gasteiger partial charge in [0.25, 0.3) is 5.56 Å². The standard InChI is InChI=1S/C18H19N3O5S/c1-3-25-18(24)14-11(2)26-16-15(14)17(23)21(10-20-16)9-13(22)19-7-6-12-5-4-8-27-12/h4-5,8,10H,3,6-7,9H2,1-2H3,(H,19,22).